The maximum absolute atomic E-state index is 13.4. The number of aromatic nitrogens is 2. The summed E-state index contributed by atoms with van der Waals surface area (Å²) in [5, 5.41) is 11.7. The van der Waals surface area contributed by atoms with Gasteiger partial charge in [-0.25, -0.2) is 0 Å². The monoisotopic (exact) mass is 544 g/mol. The maximum atomic E-state index is 13.4. The molecule has 2 aromatic rings. The minimum absolute atomic E-state index is 0.00163. The van der Waals surface area contributed by atoms with Crippen LogP contribution in [-0.2, 0) is 32.4 Å². The fourth-order valence-corrected chi connectivity index (χ4v) is 7.88. The van der Waals surface area contributed by atoms with Gasteiger partial charge < -0.3 is 19.3 Å². The number of fused-ring (bicyclic) bond motifs is 4. The molecule has 0 bridgehead atoms. The zero-order valence-corrected chi connectivity index (χ0v) is 22.2. The van der Waals surface area contributed by atoms with Crippen molar-refractivity contribution >= 4 is 0 Å². The number of rotatable bonds is 2. The van der Waals surface area contributed by atoms with Crippen molar-refractivity contribution in [2.24, 2.45) is 11.3 Å². The summed E-state index contributed by atoms with van der Waals surface area (Å²) < 4.78 is 58.6. The molecule has 7 rings (SSSR count). The Balaban J connectivity index is 1.45. The molecular weight excluding hydrogens is 509 g/mol. The predicted molar refractivity (Wildman–Crippen MR) is 135 cm³/mol. The fraction of sp³-hybridized carbons (Fsp3) is 0.667. The van der Waals surface area contributed by atoms with E-state index in [9.17, 15) is 18.3 Å². The van der Waals surface area contributed by atoms with Crippen LogP contribution in [0.2, 0.25) is 0 Å². The van der Waals surface area contributed by atoms with E-state index in [1.165, 1.54) is 18.7 Å². The first kappa shape index (κ1) is 25.9. The molecule has 2 aliphatic carbocycles. The van der Waals surface area contributed by atoms with E-state index in [0.29, 0.717) is 38.4 Å². The number of hydrogen-bond acceptors (Lipinski definition) is 6. The van der Waals surface area contributed by atoms with Crippen LogP contribution < -0.4 is 0 Å². The van der Waals surface area contributed by atoms with Crippen LogP contribution in [0.4, 0.5) is 13.2 Å². The number of hydrogen-bond donors (Lipinski definition) is 1. The van der Waals surface area contributed by atoms with Gasteiger partial charge in [0.1, 0.15) is 17.4 Å². The summed E-state index contributed by atoms with van der Waals surface area (Å²) in [5.41, 5.74) is 3.87. The van der Waals surface area contributed by atoms with Crippen LogP contribution in [0.3, 0.4) is 0 Å². The molecular formula is C30H35F3N2O4. The van der Waals surface area contributed by atoms with Crippen molar-refractivity contribution in [3.05, 3.63) is 57.7 Å². The number of nitrogens with zero attached hydrogens (tertiary/aromatic N) is 2. The lowest BCUT2D eigenvalue weighted by molar-refractivity contribution is -0.157. The zero-order chi connectivity index (χ0) is 27.0. The summed E-state index contributed by atoms with van der Waals surface area (Å²) in [7, 11) is 0. The van der Waals surface area contributed by atoms with Crippen LogP contribution in [0, 0.1) is 11.3 Å². The number of aliphatic hydroxyl groups excluding tert-OH is 1. The van der Waals surface area contributed by atoms with Crippen molar-refractivity contribution in [3.8, 4) is 0 Å². The molecule has 2 aromatic heterocycles. The molecule has 5 aliphatic rings. The molecule has 0 radical (unpaired) electrons. The van der Waals surface area contributed by atoms with Crippen molar-refractivity contribution in [1.29, 1.82) is 0 Å². The molecule has 9 heteroatoms. The normalized spacial score (nSPS) is 32.2. The second-order valence-corrected chi connectivity index (χ2v) is 12.4. The Kier molecular flexibility index (Phi) is 6.12. The van der Waals surface area contributed by atoms with E-state index in [0.717, 1.165) is 72.7 Å². The number of aliphatic hydroxyl groups is 1. The summed E-state index contributed by atoms with van der Waals surface area (Å²) >= 11 is 0. The highest BCUT2D eigenvalue weighted by atomic mass is 19.4. The SMILES string of the molecule is CC1COCCC12OC(c1ccc(C(F)(F)F)nc1)c1c(C3CCOCC3)nc3c(c12)C(O)CC1(CCC1)C3. The molecule has 3 fully saturated rings. The third-order valence-corrected chi connectivity index (χ3v) is 10.1. The highest BCUT2D eigenvalue weighted by molar-refractivity contribution is 5.55. The van der Waals surface area contributed by atoms with E-state index in [-0.39, 0.29) is 17.3 Å². The molecule has 4 unspecified atom stereocenters. The first-order chi connectivity index (χ1) is 18.7. The van der Waals surface area contributed by atoms with Gasteiger partial charge in [-0.1, -0.05) is 19.4 Å². The van der Waals surface area contributed by atoms with Gasteiger partial charge in [-0.3, -0.25) is 9.97 Å². The fourth-order valence-electron chi connectivity index (χ4n) is 7.88. The second kappa shape index (κ2) is 9.23. The van der Waals surface area contributed by atoms with Crippen LogP contribution in [0.5, 0.6) is 0 Å². The summed E-state index contributed by atoms with van der Waals surface area (Å²) in [6.07, 6.45) is 2.79. The van der Waals surface area contributed by atoms with Crippen molar-refractivity contribution < 1.29 is 32.5 Å². The van der Waals surface area contributed by atoms with Gasteiger partial charge in [-0.2, -0.15) is 13.2 Å². The van der Waals surface area contributed by atoms with Gasteiger partial charge in [0.05, 0.1) is 18.4 Å². The third kappa shape index (κ3) is 4.06. The van der Waals surface area contributed by atoms with E-state index in [4.69, 9.17) is 19.2 Å². The van der Waals surface area contributed by atoms with Gasteiger partial charge in [-0.05, 0) is 55.6 Å². The molecule has 1 N–H and O–H groups in total. The van der Waals surface area contributed by atoms with Crippen LogP contribution in [0.25, 0.3) is 0 Å². The Bertz CT molecular complexity index is 1260. The Morgan fingerprint density at radius 2 is 1.82 bits per heavy atom. The van der Waals surface area contributed by atoms with Gasteiger partial charge in [-0.15, -0.1) is 0 Å². The Morgan fingerprint density at radius 1 is 1.03 bits per heavy atom. The summed E-state index contributed by atoms with van der Waals surface area (Å²) in [5.74, 6) is 0.159. The van der Waals surface area contributed by atoms with Crippen molar-refractivity contribution in [1.82, 2.24) is 9.97 Å². The Hall–Kier alpha value is -2.07. The third-order valence-electron chi connectivity index (χ3n) is 10.1. The molecule has 4 atom stereocenters. The molecule has 210 valence electrons. The smallest absolute Gasteiger partial charge is 0.388 e. The first-order valence-electron chi connectivity index (χ1n) is 14.3. The van der Waals surface area contributed by atoms with Crippen molar-refractivity contribution in [2.75, 3.05) is 26.4 Å². The Morgan fingerprint density at radius 3 is 2.46 bits per heavy atom. The molecule has 2 spiro atoms. The van der Waals surface area contributed by atoms with E-state index in [1.54, 1.807) is 0 Å². The number of pyridine rings is 2. The molecule has 39 heavy (non-hydrogen) atoms. The predicted octanol–water partition coefficient (Wildman–Crippen LogP) is 5.91. The van der Waals surface area contributed by atoms with E-state index in [2.05, 4.69) is 11.9 Å². The summed E-state index contributed by atoms with van der Waals surface area (Å²) in [6, 6.07) is 2.52. The van der Waals surface area contributed by atoms with E-state index >= 15 is 0 Å². The van der Waals surface area contributed by atoms with E-state index in [1.807, 2.05) is 0 Å². The minimum Gasteiger partial charge on any atom is -0.388 e. The van der Waals surface area contributed by atoms with Gasteiger partial charge in [0.15, 0.2) is 0 Å². The maximum Gasteiger partial charge on any atom is 0.433 e. The molecule has 3 aliphatic heterocycles. The van der Waals surface area contributed by atoms with Crippen molar-refractivity contribution in [2.45, 2.75) is 88.2 Å². The van der Waals surface area contributed by atoms with Crippen LogP contribution >= 0.6 is 0 Å². The lowest BCUT2D eigenvalue weighted by atomic mass is 9.58. The first-order valence-corrected chi connectivity index (χ1v) is 14.3. The molecule has 2 saturated heterocycles. The molecule has 0 aromatic carbocycles. The quantitative estimate of drug-likeness (QED) is 0.507. The van der Waals surface area contributed by atoms with Gasteiger partial charge in [0, 0.05) is 66.7 Å². The van der Waals surface area contributed by atoms with E-state index < -0.39 is 29.7 Å². The molecule has 0 amide bonds. The zero-order valence-electron chi connectivity index (χ0n) is 22.2. The van der Waals surface area contributed by atoms with Gasteiger partial charge in [0.25, 0.3) is 0 Å². The van der Waals surface area contributed by atoms with Gasteiger partial charge in [0.2, 0.25) is 0 Å². The number of ether oxygens (including phenoxy) is 3. The topological polar surface area (TPSA) is 73.7 Å². The highest BCUT2D eigenvalue weighted by Gasteiger charge is 2.56. The van der Waals surface area contributed by atoms with Gasteiger partial charge >= 0.3 is 6.18 Å². The van der Waals surface area contributed by atoms with Crippen LogP contribution in [0.1, 0.15) is 109 Å². The average molecular weight is 545 g/mol. The number of alkyl halides is 3. The second-order valence-electron chi connectivity index (χ2n) is 12.4. The number of halogens is 3. The van der Waals surface area contributed by atoms with Crippen LogP contribution in [0.15, 0.2) is 18.3 Å². The average Bonchev–Trinajstić information content (AvgIpc) is 3.24. The summed E-state index contributed by atoms with van der Waals surface area (Å²) in [4.78, 5) is 9.13. The lowest BCUT2D eigenvalue weighted by Gasteiger charge is -2.48. The minimum atomic E-state index is -4.51. The Labute approximate surface area is 226 Å². The molecule has 6 nitrogen and oxygen atoms in total. The standard InChI is InChI=1S/C30H35F3N2O4/c1-17-16-38-12-9-29(17)25-23-20(13-28(7-2-8-28)14-21(23)36)35-26(18-5-10-37-11-6-18)24(25)27(39-29)19-3-4-22(34-15-19)30(31,32)33/h3-4,15,17-18,21,27,36H,2,5-14,16H2,1H3. The summed E-state index contributed by atoms with van der Waals surface area (Å²) in [6.45, 7) is 4.44. The highest BCUT2D eigenvalue weighted by Crippen LogP contribution is 2.61. The lowest BCUT2D eigenvalue weighted by Crippen LogP contribution is -2.44. The molecule has 5 heterocycles. The van der Waals surface area contributed by atoms with Crippen LogP contribution in [-0.4, -0.2) is 41.5 Å². The van der Waals surface area contributed by atoms with Crippen molar-refractivity contribution in [3.63, 3.8) is 0 Å². The largest absolute Gasteiger partial charge is 0.433 e. The molecule has 1 saturated carbocycles.